The van der Waals surface area contributed by atoms with Crippen molar-refractivity contribution in [2.75, 3.05) is 18.0 Å². The van der Waals surface area contributed by atoms with E-state index in [2.05, 4.69) is 46.7 Å². The highest BCUT2D eigenvalue weighted by atomic mass is 79.9. The second-order valence-electron chi connectivity index (χ2n) is 6.44. The van der Waals surface area contributed by atoms with Crippen molar-refractivity contribution < 1.29 is 4.39 Å². The van der Waals surface area contributed by atoms with E-state index in [-0.39, 0.29) is 5.82 Å². The number of fused-ring (bicyclic) bond motifs is 2. The highest BCUT2D eigenvalue weighted by Gasteiger charge is 2.45. The number of piperazine rings is 1. The van der Waals surface area contributed by atoms with Crippen molar-refractivity contribution in [3.05, 3.63) is 46.3 Å². The minimum absolute atomic E-state index is 0.260. The lowest BCUT2D eigenvalue weighted by Crippen LogP contribution is -2.68. The molecule has 0 aliphatic carbocycles. The molecule has 0 aromatic carbocycles. The zero-order chi connectivity index (χ0) is 16.7. The Kier molecular flexibility index (Phi) is 4.22. The molecule has 2 bridgehead atoms. The Bertz CT molecular complexity index is 744. The van der Waals surface area contributed by atoms with Crippen LogP contribution in [0.5, 0.6) is 0 Å². The number of hydrogen-bond acceptors (Lipinski definition) is 5. The molecule has 0 saturated carbocycles. The molecule has 3 aliphatic rings. The molecule has 2 unspecified atom stereocenters. The maximum atomic E-state index is 14.5. The van der Waals surface area contributed by atoms with Crippen LogP contribution in [-0.2, 0) is 13.0 Å². The van der Waals surface area contributed by atoms with E-state index in [9.17, 15) is 4.39 Å². The van der Waals surface area contributed by atoms with Crippen LogP contribution in [0.3, 0.4) is 0 Å². The van der Waals surface area contributed by atoms with Gasteiger partial charge in [-0.05, 0) is 40.4 Å². The van der Waals surface area contributed by atoms with Gasteiger partial charge in [0.15, 0.2) is 11.6 Å². The van der Waals surface area contributed by atoms with E-state index in [4.69, 9.17) is 0 Å². The summed E-state index contributed by atoms with van der Waals surface area (Å²) in [5.74, 6) is 0.198. The number of halogens is 2. The predicted octanol–water partition coefficient (Wildman–Crippen LogP) is 2.80. The number of aromatic nitrogens is 3. The van der Waals surface area contributed by atoms with E-state index >= 15 is 0 Å². The van der Waals surface area contributed by atoms with Crippen molar-refractivity contribution >= 4 is 21.7 Å². The molecular weight excluding hydrogens is 373 g/mol. The standard InChI is InChI=1S/C17H19BrFN5/c1-2-15-16(19)17(22-10-21-15)23-8-13-4-14(9-23)24(13)7-11-3-12(18)6-20-5-11/h3,5-6,10,13-14H,2,4,7-9H2,1H3. The monoisotopic (exact) mass is 391 g/mol. The van der Waals surface area contributed by atoms with Crippen molar-refractivity contribution in [2.45, 2.75) is 38.4 Å². The highest BCUT2D eigenvalue weighted by molar-refractivity contribution is 9.10. The van der Waals surface area contributed by atoms with E-state index in [1.54, 1.807) is 6.20 Å². The van der Waals surface area contributed by atoms with Crippen molar-refractivity contribution in [1.82, 2.24) is 19.9 Å². The summed E-state index contributed by atoms with van der Waals surface area (Å²) in [7, 11) is 0. The van der Waals surface area contributed by atoms with Crippen LogP contribution in [0.15, 0.2) is 29.3 Å². The molecule has 3 fully saturated rings. The Hall–Kier alpha value is -1.60. The molecule has 2 aromatic heterocycles. The average Bonchev–Trinajstić information content (AvgIpc) is 2.60. The Balaban J connectivity index is 1.47. The molecule has 126 valence electrons. The molecule has 7 heteroatoms. The topological polar surface area (TPSA) is 45.2 Å². The molecule has 24 heavy (non-hydrogen) atoms. The summed E-state index contributed by atoms with van der Waals surface area (Å²) in [6.07, 6.45) is 6.94. The lowest BCUT2D eigenvalue weighted by atomic mass is 9.87. The van der Waals surface area contributed by atoms with Gasteiger partial charge in [0.25, 0.3) is 0 Å². The smallest absolute Gasteiger partial charge is 0.187 e. The van der Waals surface area contributed by atoms with Crippen LogP contribution in [0.25, 0.3) is 0 Å². The van der Waals surface area contributed by atoms with Gasteiger partial charge in [-0.2, -0.15) is 0 Å². The van der Waals surface area contributed by atoms with Crippen LogP contribution in [0.4, 0.5) is 10.2 Å². The fraction of sp³-hybridized carbons (Fsp3) is 0.471. The lowest BCUT2D eigenvalue weighted by Gasteiger charge is -2.56. The van der Waals surface area contributed by atoms with Crippen LogP contribution in [0.2, 0.25) is 0 Å². The molecule has 2 atom stereocenters. The van der Waals surface area contributed by atoms with Crippen LogP contribution in [-0.4, -0.2) is 45.0 Å². The van der Waals surface area contributed by atoms with E-state index in [0.717, 1.165) is 24.1 Å². The lowest BCUT2D eigenvalue weighted by molar-refractivity contribution is -0.00900. The number of piperidine rings is 1. The first-order valence-corrected chi connectivity index (χ1v) is 9.04. The number of hydrogen-bond donors (Lipinski definition) is 0. The fourth-order valence-corrected chi connectivity index (χ4v) is 4.15. The largest absolute Gasteiger partial charge is 0.351 e. The quantitative estimate of drug-likeness (QED) is 0.801. The van der Waals surface area contributed by atoms with Crippen LogP contribution in [0.1, 0.15) is 24.6 Å². The Morgan fingerprint density at radius 2 is 2.04 bits per heavy atom. The maximum absolute atomic E-state index is 14.5. The van der Waals surface area contributed by atoms with Gasteiger partial charge in [0.05, 0.1) is 5.69 Å². The molecule has 0 amide bonds. The van der Waals surface area contributed by atoms with Gasteiger partial charge in [-0.15, -0.1) is 0 Å². The van der Waals surface area contributed by atoms with Crippen molar-refractivity contribution in [3.8, 4) is 0 Å². The Morgan fingerprint density at radius 1 is 1.25 bits per heavy atom. The molecule has 3 aliphatic heterocycles. The first-order valence-electron chi connectivity index (χ1n) is 8.25. The minimum atomic E-state index is -0.260. The average molecular weight is 392 g/mol. The summed E-state index contributed by atoms with van der Waals surface area (Å²) >= 11 is 3.47. The molecule has 5 heterocycles. The van der Waals surface area contributed by atoms with Crippen molar-refractivity contribution in [2.24, 2.45) is 0 Å². The van der Waals surface area contributed by atoms with Crippen LogP contribution >= 0.6 is 15.9 Å². The van der Waals surface area contributed by atoms with Crippen LogP contribution in [0, 0.1) is 5.82 Å². The third-order valence-electron chi connectivity index (χ3n) is 4.95. The van der Waals surface area contributed by atoms with E-state index in [0.29, 0.717) is 30.0 Å². The molecule has 5 rings (SSSR count). The van der Waals surface area contributed by atoms with Gasteiger partial charge in [-0.1, -0.05) is 6.92 Å². The molecule has 0 N–H and O–H groups in total. The molecule has 0 spiro atoms. The Labute approximate surface area is 149 Å². The van der Waals surface area contributed by atoms with E-state index in [1.165, 1.54) is 18.3 Å². The van der Waals surface area contributed by atoms with Gasteiger partial charge in [0.2, 0.25) is 0 Å². The summed E-state index contributed by atoms with van der Waals surface area (Å²) in [6, 6.07) is 3.00. The molecular formula is C17H19BrFN5. The second kappa shape index (κ2) is 6.37. The van der Waals surface area contributed by atoms with Gasteiger partial charge >= 0.3 is 0 Å². The van der Waals surface area contributed by atoms with E-state index < -0.39 is 0 Å². The molecule has 2 aromatic rings. The summed E-state index contributed by atoms with van der Waals surface area (Å²) in [4.78, 5) is 17.0. The first-order chi connectivity index (χ1) is 11.7. The van der Waals surface area contributed by atoms with Gasteiger partial charge in [0.1, 0.15) is 6.33 Å². The summed E-state index contributed by atoms with van der Waals surface area (Å²) in [5.41, 5.74) is 1.70. The third kappa shape index (κ3) is 2.80. The van der Waals surface area contributed by atoms with Crippen LogP contribution < -0.4 is 4.90 Å². The SMILES string of the molecule is CCc1ncnc(N2CC3CC(C2)N3Cc2cncc(Br)c2)c1F. The summed E-state index contributed by atoms with van der Waals surface area (Å²) in [6.45, 7) is 4.43. The number of nitrogens with zero attached hydrogens (tertiary/aromatic N) is 5. The van der Waals surface area contributed by atoms with Crippen molar-refractivity contribution in [3.63, 3.8) is 0 Å². The zero-order valence-corrected chi connectivity index (χ0v) is 15.1. The molecule has 3 saturated heterocycles. The number of rotatable bonds is 4. The number of pyridine rings is 1. The van der Waals surface area contributed by atoms with Gasteiger partial charge in [-0.3, -0.25) is 9.88 Å². The van der Waals surface area contributed by atoms with Crippen molar-refractivity contribution in [1.29, 1.82) is 0 Å². The minimum Gasteiger partial charge on any atom is -0.351 e. The molecule has 5 nitrogen and oxygen atoms in total. The predicted molar refractivity (Wildman–Crippen MR) is 93.3 cm³/mol. The number of aryl methyl sites for hydroxylation is 1. The maximum Gasteiger partial charge on any atom is 0.187 e. The third-order valence-corrected chi connectivity index (χ3v) is 5.38. The van der Waals surface area contributed by atoms with E-state index in [1.807, 2.05) is 13.1 Å². The fourth-order valence-electron chi connectivity index (χ4n) is 3.73. The molecule has 0 radical (unpaired) electrons. The normalized spacial score (nSPS) is 23.2. The summed E-state index contributed by atoms with van der Waals surface area (Å²) < 4.78 is 15.5. The summed E-state index contributed by atoms with van der Waals surface area (Å²) in [5, 5.41) is 0. The van der Waals surface area contributed by atoms with Gasteiger partial charge in [0, 0.05) is 48.6 Å². The van der Waals surface area contributed by atoms with Gasteiger partial charge < -0.3 is 4.90 Å². The second-order valence-corrected chi connectivity index (χ2v) is 7.36. The Morgan fingerprint density at radius 3 is 2.75 bits per heavy atom. The highest BCUT2D eigenvalue weighted by Crippen LogP contribution is 2.36. The first kappa shape index (κ1) is 15.9. The zero-order valence-electron chi connectivity index (χ0n) is 13.5. The van der Waals surface area contributed by atoms with Gasteiger partial charge in [-0.25, -0.2) is 14.4 Å². The number of anilines is 1.